The Balaban J connectivity index is 1.90. The zero-order chi connectivity index (χ0) is 26.6. The monoisotopic (exact) mass is 502 g/mol. The molecule has 0 saturated heterocycles. The fourth-order valence-corrected chi connectivity index (χ4v) is 4.32. The van der Waals surface area contributed by atoms with Crippen LogP contribution in [0.5, 0.6) is 11.5 Å². The normalized spacial score (nSPS) is 11.5. The minimum atomic E-state index is -0.619. The lowest BCUT2D eigenvalue weighted by Gasteiger charge is -2.32. The van der Waals surface area contributed by atoms with E-state index in [9.17, 15) is 9.59 Å². The number of carbonyl (C=O) groups excluding carboxylic acids is 2. The van der Waals surface area contributed by atoms with E-state index in [1.165, 1.54) is 0 Å². The molecule has 0 aliphatic carbocycles. The van der Waals surface area contributed by atoms with Crippen LogP contribution in [0, 0.1) is 6.92 Å². The molecule has 37 heavy (non-hydrogen) atoms. The number of carbonyl (C=O) groups is 2. The molecular formula is C31H38N2O4. The second-order valence-corrected chi connectivity index (χ2v) is 9.13. The highest BCUT2D eigenvalue weighted by atomic mass is 16.5. The van der Waals surface area contributed by atoms with Gasteiger partial charge in [0.25, 0.3) is 0 Å². The van der Waals surface area contributed by atoms with Crippen molar-refractivity contribution >= 4 is 11.8 Å². The van der Waals surface area contributed by atoms with Crippen molar-refractivity contribution in [2.75, 3.05) is 20.8 Å². The second kappa shape index (κ2) is 14.1. The average molecular weight is 503 g/mol. The standard InChI is InChI=1S/C31H38N2O4/c1-5-19-32-31(35)27(20-24-12-7-6-8-13-24)33(22-26-14-10-9-11-23(26)2)30(34)18-16-25-15-17-28(36-3)29(21-25)37-4/h6-15,17,21,27H,5,16,18-20,22H2,1-4H3,(H,32,35). The predicted octanol–water partition coefficient (Wildman–Crippen LogP) is 5.11. The Bertz CT molecular complexity index is 1160. The van der Waals surface area contributed by atoms with E-state index in [4.69, 9.17) is 9.47 Å². The van der Waals surface area contributed by atoms with Gasteiger partial charge in [0, 0.05) is 25.9 Å². The van der Waals surface area contributed by atoms with Gasteiger partial charge in [0.2, 0.25) is 11.8 Å². The molecule has 2 amide bonds. The molecule has 0 radical (unpaired) electrons. The van der Waals surface area contributed by atoms with E-state index in [0.29, 0.717) is 37.4 Å². The van der Waals surface area contributed by atoms with Crippen molar-refractivity contribution in [1.29, 1.82) is 0 Å². The van der Waals surface area contributed by atoms with Crippen molar-refractivity contribution in [3.8, 4) is 11.5 Å². The van der Waals surface area contributed by atoms with E-state index in [1.54, 1.807) is 19.1 Å². The number of rotatable bonds is 13. The van der Waals surface area contributed by atoms with Crippen molar-refractivity contribution in [3.63, 3.8) is 0 Å². The molecule has 0 saturated carbocycles. The summed E-state index contributed by atoms with van der Waals surface area (Å²) in [5, 5.41) is 3.03. The Hall–Kier alpha value is -3.80. The van der Waals surface area contributed by atoms with Gasteiger partial charge in [0.1, 0.15) is 6.04 Å². The summed E-state index contributed by atoms with van der Waals surface area (Å²) in [6.45, 7) is 4.99. The van der Waals surface area contributed by atoms with Crippen molar-refractivity contribution in [2.45, 2.75) is 52.1 Å². The number of methoxy groups -OCH3 is 2. The number of ether oxygens (including phenoxy) is 2. The topological polar surface area (TPSA) is 67.9 Å². The molecular weight excluding hydrogens is 464 g/mol. The number of benzene rings is 3. The molecule has 1 N–H and O–H groups in total. The molecule has 0 spiro atoms. The van der Waals surface area contributed by atoms with Gasteiger partial charge in [-0.25, -0.2) is 0 Å². The van der Waals surface area contributed by atoms with Gasteiger partial charge in [-0.2, -0.15) is 0 Å². The van der Waals surface area contributed by atoms with Gasteiger partial charge in [0.05, 0.1) is 14.2 Å². The number of nitrogens with zero attached hydrogens (tertiary/aromatic N) is 1. The SMILES string of the molecule is CCCNC(=O)C(Cc1ccccc1)N(Cc1ccccc1C)C(=O)CCc1ccc(OC)c(OC)c1. The largest absolute Gasteiger partial charge is 0.493 e. The van der Waals surface area contributed by atoms with E-state index in [1.807, 2.05) is 86.6 Å². The molecule has 3 aromatic carbocycles. The minimum absolute atomic E-state index is 0.0642. The summed E-state index contributed by atoms with van der Waals surface area (Å²) < 4.78 is 10.8. The third-order valence-corrected chi connectivity index (χ3v) is 6.50. The van der Waals surface area contributed by atoms with Crippen LogP contribution in [-0.4, -0.2) is 43.5 Å². The van der Waals surface area contributed by atoms with Crippen LogP contribution in [0.2, 0.25) is 0 Å². The fraction of sp³-hybridized carbons (Fsp3) is 0.355. The summed E-state index contributed by atoms with van der Waals surface area (Å²) in [7, 11) is 3.20. The van der Waals surface area contributed by atoms with Gasteiger partial charge >= 0.3 is 0 Å². The van der Waals surface area contributed by atoms with Crippen LogP contribution in [0.3, 0.4) is 0 Å². The lowest BCUT2D eigenvalue weighted by Crippen LogP contribution is -2.50. The maximum atomic E-state index is 13.8. The van der Waals surface area contributed by atoms with Crippen LogP contribution in [0.4, 0.5) is 0 Å². The summed E-state index contributed by atoms with van der Waals surface area (Å²) in [6.07, 6.45) is 2.07. The third-order valence-electron chi connectivity index (χ3n) is 6.50. The Morgan fingerprint density at radius 3 is 2.27 bits per heavy atom. The average Bonchev–Trinajstić information content (AvgIpc) is 2.93. The first-order chi connectivity index (χ1) is 18.0. The highest BCUT2D eigenvalue weighted by Crippen LogP contribution is 2.28. The number of amides is 2. The number of hydrogen-bond acceptors (Lipinski definition) is 4. The van der Waals surface area contributed by atoms with Gasteiger partial charge < -0.3 is 19.7 Å². The highest BCUT2D eigenvalue weighted by Gasteiger charge is 2.30. The molecule has 0 aliphatic heterocycles. The van der Waals surface area contributed by atoms with Crippen molar-refractivity contribution in [3.05, 3.63) is 95.1 Å². The summed E-state index contributed by atoms with van der Waals surface area (Å²) in [5.41, 5.74) is 4.11. The first kappa shape index (κ1) is 27.8. The molecule has 1 unspecified atom stereocenters. The predicted molar refractivity (Wildman–Crippen MR) is 147 cm³/mol. The quantitative estimate of drug-likeness (QED) is 0.353. The van der Waals surface area contributed by atoms with E-state index in [-0.39, 0.29) is 18.2 Å². The summed E-state index contributed by atoms with van der Waals surface area (Å²) in [5.74, 6) is 1.09. The summed E-state index contributed by atoms with van der Waals surface area (Å²) >= 11 is 0. The van der Waals surface area contributed by atoms with E-state index < -0.39 is 6.04 Å². The molecule has 0 heterocycles. The van der Waals surface area contributed by atoms with E-state index in [0.717, 1.165) is 28.7 Å². The Kier molecular flexibility index (Phi) is 10.6. The first-order valence-electron chi connectivity index (χ1n) is 12.8. The molecule has 196 valence electrons. The number of nitrogens with one attached hydrogen (secondary N) is 1. The minimum Gasteiger partial charge on any atom is -0.493 e. The molecule has 3 rings (SSSR count). The van der Waals surface area contributed by atoms with Gasteiger partial charge in [-0.15, -0.1) is 0 Å². The number of aryl methyl sites for hydroxylation is 2. The molecule has 6 nitrogen and oxygen atoms in total. The molecule has 0 aliphatic rings. The van der Waals surface area contributed by atoms with Crippen molar-refractivity contribution in [2.24, 2.45) is 0 Å². The van der Waals surface area contributed by atoms with Crippen LogP contribution >= 0.6 is 0 Å². The van der Waals surface area contributed by atoms with Crippen molar-refractivity contribution in [1.82, 2.24) is 10.2 Å². The Labute approximate surface area is 220 Å². The Morgan fingerprint density at radius 2 is 1.59 bits per heavy atom. The van der Waals surface area contributed by atoms with E-state index in [2.05, 4.69) is 5.32 Å². The maximum Gasteiger partial charge on any atom is 0.243 e. The van der Waals surface area contributed by atoms with Crippen LogP contribution in [0.1, 0.15) is 42.0 Å². The van der Waals surface area contributed by atoms with Crippen LogP contribution < -0.4 is 14.8 Å². The molecule has 0 fully saturated rings. The maximum absolute atomic E-state index is 13.8. The zero-order valence-electron chi connectivity index (χ0n) is 22.3. The lowest BCUT2D eigenvalue weighted by molar-refractivity contribution is -0.141. The van der Waals surface area contributed by atoms with Crippen molar-refractivity contribution < 1.29 is 19.1 Å². The van der Waals surface area contributed by atoms with Gasteiger partial charge in [-0.05, 0) is 54.2 Å². The lowest BCUT2D eigenvalue weighted by atomic mass is 10.0. The molecule has 6 heteroatoms. The Morgan fingerprint density at radius 1 is 0.892 bits per heavy atom. The number of hydrogen-bond donors (Lipinski definition) is 1. The van der Waals surface area contributed by atoms with Gasteiger partial charge in [-0.3, -0.25) is 9.59 Å². The summed E-state index contributed by atoms with van der Waals surface area (Å²) in [6, 6.07) is 22.9. The van der Waals surface area contributed by atoms with Crippen LogP contribution in [0.25, 0.3) is 0 Å². The summed E-state index contributed by atoms with van der Waals surface area (Å²) in [4.78, 5) is 29.0. The smallest absolute Gasteiger partial charge is 0.243 e. The van der Waals surface area contributed by atoms with Crippen LogP contribution in [-0.2, 0) is 29.0 Å². The molecule has 3 aromatic rings. The highest BCUT2D eigenvalue weighted by molar-refractivity contribution is 5.88. The van der Waals surface area contributed by atoms with Crippen LogP contribution in [0.15, 0.2) is 72.8 Å². The third kappa shape index (κ3) is 7.84. The molecule has 0 bridgehead atoms. The second-order valence-electron chi connectivity index (χ2n) is 9.13. The molecule has 1 atom stereocenters. The fourth-order valence-electron chi connectivity index (χ4n) is 4.32. The van der Waals surface area contributed by atoms with Gasteiger partial charge in [0.15, 0.2) is 11.5 Å². The van der Waals surface area contributed by atoms with E-state index >= 15 is 0 Å². The van der Waals surface area contributed by atoms with Gasteiger partial charge in [-0.1, -0.05) is 67.6 Å². The zero-order valence-corrected chi connectivity index (χ0v) is 22.3. The first-order valence-corrected chi connectivity index (χ1v) is 12.8. The molecule has 0 aromatic heterocycles.